The lowest BCUT2D eigenvalue weighted by molar-refractivity contribution is -0.0790. The Bertz CT molecular complexity index is 968. The molecule has 192 valence electrons. The van der Waals surface area contributed by atoms with Gasteiger partial charge in [-0.25, -0.2) is 17.6 Å². The highest BCUT2D eigenvalue weighted by Gasteiger charge is 2.25. The summed E-state index contributed by atoms with van der Waals surface area (Å²) in [5.41, 5.74) is -0.223. The third kappa shape index (κ3) is 7.84. The van der Waals surface area contributed by atoms with Gasteiger partial charge in [0.1, 0.15) is 23.3 Å². The fourth-order valence-electron chi connectivity index (χ4n) is 4.95. The van der Waals surface area contributed by atoms with Gasteiger partial charge in [-0.05, 0) is 91.8 Å². The Morgan fingerprint density at radius 3 is 1.94 bits per heavy atom. The van der Waals surface area contributed by atoms with Gasteiger partial charge in [-0.15, -0.1) is 0 Å². The predicted molar refractivity (Wildman–Crippen MR) is 124 cm³/mol. The fraction of sp³-hybridized carbons (Fsp3) is 0.500. The molecule has 0 spiro atoms. The van der Waals surface area contributed by atoms with Crippen LogP contribution in [0.15, 0.2) is 30.3 Å². The molecule has 1 aliphatic carbocycles. The first-order chi connectivity index (χ1) is 16.6. The Balaban J connectivity index is 1.63. The van der Waals surface area contributed by atoms with Crippen LogP contribution in [0.1, 0.15) is 86.5 Å². The first-order valence-corrected chi connectivity index (χ1v) is 12.3. The zero-order valence-corrected chi connectivity index (χ0v) is 19.8. The minimum atomic E-state index is -4.70. The molecule has 2 aromatic carbocycles. The number of aryl methyl sites for hydroxylation is 1. The quantitative estimate of drug-likeness (QED) is 0.238. The molecule has 1 aliphatic rings. The Morgan fingerprint density at radius 2 is 1.40 bits per heavy atom. The molecule has 0 aliphatic heterocycles. The summed E-state index contributed by atoms with van der Waals surface area (Å²) in [6, 6.07) is 4.52. The van der Waals surface area contributed by atoms with Crippen LogP contribution in [0, 0.1) is 29.2 Å². The molecule has 0 nitrogen and oxygen atoms in total. The highest BCUT2D eigenvalue weighted by Crippen LogP contribution is 2.38. The van der Waals surface area contributed by atoms with Crippen molar-refractivity contribution in [3.05, 3.63) is 75.9 Å². The molecule has 1 saturated carbocycles. The molecule has 2 aromatic rings. The summed E-state index contributed by atoms with van der Waals surface area (Å²) in [6.45, 7) is 2.18. The summed E-state index contributed by atoms with van der Waals surface area (Å²) in [7, 11) is 0. The van der Waals surface area contributed by atoms with E-state index in [1.807, 2.05) is 0 Å². The first-order valence-electron chi connectivity index (χ1n) is 12.3. The second-order valence-corrected chi connectivity index (χ2v) is 9.52. The number of benzene rings is 2. The van der Waals surface area contributed by atoms with Crippen LogP contribution in [0.2, 0.25) is 0 Å². The maximum absolute atomic E-state index is 14.8. The van der Waals surface area contributed by atoms with Crippen LogP contribution in [0.3, 0.4) is 0 Å². The molecule has 3 rings (SSSR count). The number of hydrogen-bond donors (Lipinski definition) is 0. The van der Waals surface area contributed by atoms with Crippen LogP contribution in [0.4, 0.5) is 30.7 Å². The molecule has 0 radical (unpaired) electrons. The van der Waals surface area contributed by atoms with E-state index >= 15 is 0 Å². The SMILES string of the molecule is CCCCCC1CCC(c2cc(F)c(CCc3cc(F)c(/C=C/C(F)(F)F)c(F)c3)c(F)c2)CC1. The molecule has 0 N–H and O–H groups in total. The summed E-state index contributed by atoms with van der Waals surface area (Å²) in [6.07, 6.45) is 3.97. The lowest BCUT2D eigenvalue weighted by Gasteiger charge is -2.29. The monoisotopic (exact) mass is 500 g/mol. The second kappa shape index (κ2) is 12.1. The van der Waals surface area contributed by atoms with Crippen LogP contribution in [-0.4, -0.2) is 6.18 Å². The van der Waals surface area contributed by atoms with Crippen molar-refractivity contribution in [2.75, 3.05) is 0 Å². The normalized spacial score (nSPS) is 19.0. The van der Waals surface area contributed by atoms with Gasteiger partial charge >= 0.3 is 6.18 Å². The van der Waals surface area contributed by atoms with Gasteiger partial charge in [0.2, 0.25) is 0 Å². The van der Waals surface area contributed by atoms with E-state index in [4.69, 9.17) is 0 Å². The summed E-state index contributed by atoms with van der Waals surface area (Å²) in [5, 5.41) is 0. The van der Waals surface area contributed by atoms with E-state index in [0.29, 0.717) is 17.6 Å². The number of halogens is 7. The highest BCUT2D eigenvalue weighted by atomic mass is 19.4. The van der Waals surface area contributed by atoms with Gasteiger partial charge in [0.25, 0.3) is 0 Å². The Morgan fingerprint density at radius 1 is 0.800 bits per heavy atom. The third-order valence-electron chi connectivity index (χ3n) is 6.94. The van der Waals surface area contributed by atoms with E-state index in [1.54, 1.807) is 0 Å². The number of hydrogen-bond acceptors (Lipinski definition) is 0. The Hall–Kier alpha value is -2.31. The zero-order chi connectivity index (χ0) is 25.6. The number of alkyl halides is 3. The van der Waals surface area contributed by atoms with Crippen LogP contribution in [-0.2, 0) is 12.8 Å². The Labute approximate surface area is 202 Å². The summed E-state index contributed by atoms with van der Waals surface area (Å²) in [4.78, 5) is 0. The van der Waals surface area contributed by atoms with Crippen molar-refractivity contribution in [2.45, 2.75) is 83.2 Å². The van der Waals surface area contributed by atoms with Crippen molar-refractivity contribution < 1.29 is 30.7 Å². The minimum absolute atomic E-state index is 0.0623. The fourth-order valence-corrected chi connectivity index (χ4v) is 4.95. The maximum Gasteiger partial charge on any atom is 0.409 e. The number of rotatable bonds is 9. The van der Waals surface area contributed by atoms with Crippen molar-refractivity contribution >= 4 is 6.08 Å². The molecule has 0 bridgehead atoms. The molecule has 35 heavy (non-hydrogen) atoms. The molecule has 7 heteroatoms. The van der Waals surface area contributed by atoms with Gasteiger partial charge in [-0.3, -0.25) is 0 Å². The third-order valence-corrected chi connectivity index (χ3v) is 6.94. The topological polar surface area (TPSA) is 0 Å². The van der Waals surface area contributed by atoms with E-state index in [2.05, 4.69) is 6.92 Å². The molecule has 0 unspecified atom stereocenters. The van der Waals surface area contributed by atoms with E-state index in [9.17, 15) is 30.7 Å². The van der Waals surface area contributed by atoms with Crippen molar-refractivity contribution in [2.24, 2.45) is 5.92 Å². The molecule has 0 atom stereocenters. The summed E-state index contributed by atoms with van der Waals surface area (Å²) in [5.74, 6) is -2.89. The molecule has 0 amide bonds. The maximum atomic E-state index is 14.8. The van der Waals surface area contributed by atoms with Crippen molar-refractivity contribution in [1.29, 1.82) is 0 Å². The minimum Gasteiger partial charge on any atom is -0.207 e. The summed E-state index contributed by atoms with van der Waals surface area (Å²) < 4.78 is 94.7. The van der Waals surface area contributed by atoms with Crippen molar-refractivity contribution in [3.63, 3.8) is 0 Å². The molecular weight excluding hydrogens is 469 g/mol. The second-order valence-electron chi connectivity index (χ2n) is 9.52. The zero-order valence-electron chi connectivity index (χ0n) is 19.8. The van der Waals surface area contributed by atoms with Gasteiger partial charge in [0.05, 0.1) is 0 Å². The lowest BCUT2D eigenvalue weighted by Crippen LogP contribution is -2.14. The largest absolute Gasteiger partial charge is 0.409 e. The van der Waals surface area contributed by atoms with E-state index in [-0.39, 0.29) is 36.0 Å². The predicted octanol–water partition coefficient (Wildman–Crippen LogP) is 9.46. The smallest absolute Gasteiger partial charge is 0.207 e. The van der Waals surface area contributed by atoms with Gasteiger partial charge in [0, 0.05) is 17.2 Å². The van der Waals surface area contributed by atoms with Crippen LogP contribution in [0.25, 0.3) is 6.08 Å². The average Bonchev–Trinajstić information content (AvgIpc) is 2.78. The van der Waals surface area contributed by atoms with Crippen LogP contribution in [0.5, 0.6) is 0 Å². The van der Waals surface area contributed by atoms with Crippen LogP contribution >= 0.6 is 0 Å². The Kier molecular flexibility index (Phi) is 9.42. The lowest BCUT2D eigenvalue weighted by atomic mass is 9.77. The van der Waals surface area contributed by atoms with Crippen molar-refractivity contribution in [3.8, 4) is 0 Å². The van der Waals surface area contributed by atoms with Crippen LogP contribution < -0.4 is 0 Å². The summed E-state index contributed by atoms with van der Waals surface area (Å²) >= 11 is 0. The standard InChI is InChI=1S/C28H31F7/c1-2-3-4-5-18-6-9-20(10-7-18)21-16-26(31)22(27(32)17-21)11-8-19-14-24(29)23(25(30)15-19)12-13-28(33,34)35/h12-18,20H,2-11H2,1H3/b13-12+. The first kappa shape index (κ1) is 27.3. The van der Waals surface area contributed by atoms with E-state index < -0.39 is 35.0 Å². The van der Waals surface area contributed by atoms with Gasteiger partial charge in [-0.1, -0.05) is 32.6 Å². The average molecular weight is 501 g/mol. The molecule has 1 fully saturated rings. The molecule has 0 aromatic heterocycles. The van der Waals surface area contributed by atoms with Gasteiger partial charge in [0.15, 0.2) is 0 Å². The van der Waals surface area contributed by atoms with Crippen molar-refractivity contribution in [1.82, 2.24) is 0 Å². The van der Waals surface area contributed by atoms with E-state index in [1.165, 1.54) is 37.8 Å². The van der Waals surface area contributed by atoms with E-state index in [0.717, 1.165) is 37.8 Å². The van der Waals surface area contributed by atoms with Gasteiger partial charge in [-0.2, -0.15) is 13.2 Å². The number of allylic oxidation sites excluding steroid dienone is 1. The van der Waals surface area contributed by atoms with Gasteiger partial charge < -0.3 is 0 Å². The highest BCUT2D eigenvalue weighted by molar-refractivity contribution is 5.52. The molecule has 0 heterocycles. The molecule has 0 saturated heterocycles. The molecular formula is C28H31F7. The number of unbranched alkanes of at least 4 members (excludes halogenated alkanes) is 2.